The fraction of sp³-hybridized carbons (Fsp3) is 0.133. The van der Waals surface area contributed by atoms with Crippen LogP contribution in [-0.2, 0) is 6.42 Å². The molecule has 0 atom stereocenters. The van der Waals surface area contributed by atoms with E-state index in [-0.39, 0.29) is 6.03 Å². The summed E-state index contributed by atoms with van der Waals surface area (Å²) in [6.45, 7) is 0.539. The van der Waals surface area contributed by atoms with Crippen LogP contribution >= 0.6 is 34.0 Å². The monoisotopic (exact) mass is 375 g/mol. The first-order chi connectivity index (χ1) is 11.8. The number of aromatic nitrogens is 3. The summed E-state index contributed by atoms with van der Waals surface area (Å²) >= 11 is 4.68. The lowest BCUT2D eigenvalue weighted by Gasteiger charge is -2.05. The van der Waals surface area contributed by atoms with E-state index in [0.29, 0.717) is 13.0 Å². The molecule has 2 amide bonds. The van der Waals surface area contributed by atoms with E-state index in [4.69, 9.17) is 0 Å². The van der Waals surface area contributed by atoms with Crippen molar-refractivity contribution in [3.05, 3.63) is 46.1 Å². The van der Waals surface area contributed by atoms with Crippen LogP contribution in [0.5, 0.6) is 0 Å². The highest BCUT2D eigenvalue weighted by Crippen LogP contribution is 2.24. The lowest BCUT2D eigenvalue weighted by Crippen LogP contribution is -2.30. The van der Waals surface area contributed by atoms with Crippen molar-refractivity contribution < 1.29 is 4.79 Å². The molecule has 0 bridgehead atoms. The van der Waals surface area contributed by atoms with Crippen molar-refractivity contribution in [3.8, 4) is 10.7 Å². The van der Waals surface area contributed by atoms with Gasteiger partial charge < -0.3 is 5.32 Å². The molecule has 24 heavy (non-hydrogen) atoms. The van der Waals surface area contributed by atoms with Gasteiger partial charge in [-0.2, -0.15) is 4.98 Å². The van der Waals surface area contributed by atoms with Crippen LogP contribution in [0.3, 0.4) is 0 Å². The summed E-state index contributed by atoms with van der Waals surface area (Å²) in [7, 11) is 0. The van der Waals surface area contributed by atoms with E-state index in [1.165, 1.54) is 11.3 Å². The number of amides is 2. The van der Waals surface area contributed by atoms with Crippen LogP contribution in [-0.4, -0.2) is 27.2 Å². The maximum Gasteiger partial charge on any atom is 0.319 e. The van der Waals surface area contributed by atoms with E-state index < -0.39 is 0 Å². The molecule has 0 aliphatic carbocycles. The minimum absolute atomic E-state index is 0.193. The molecular weight excluding hydrogens is 362 g/mol. The topological polar surface area (TPSA) is 71.3 Å². The SMILES string of the molecule is O=C(NCCc1csc2nc(-c3cccs3)nn12)Nc1cccs1. The van der Waals surface area contributed by atoms with Gasteiger partial charge in [0, 0.05) is 18.3 Å². The molecule has 0 fully saturated rings. The number of carbonyl (C=O) groups excluding carboxylic acids is 1. The molecule has 0 aromatic carbocycles. The van der Waals surface area contributed by atoms with Crippen molar-refractivity contribution >= 4 is 50.0 Å². The summed E-state index contributed by atoms with van der Waals surface area (Å²) < 4.78 is 1.86. The van der Waals surface area contributed by atoms with Crippen LogP contribution in [0.15, 0.2) is 40.4 Å². The number of thiazole rings is 1. The van der Waals surface area contributed by atoms with Gasteiger partial charge in [0.15, 0.2) is 5.82 Å². The summed E-state index contributed by atoms with van der Waals surface area (Å²) in [5, 5.41) is 17.0. The summed E-state index contributed by atoms with van der Waals surface area (Å²) in [5.74, 6) is 0.751. The molecule has 0 unspecified atom stereocenters. The molecule has 9 heteroatoms. The molecule has 6 nitrogen and oxygen atoms in total. The third kappa shape index (κ3) is 3.18. The second-order valence-corrected chi connectivity index (χ2v) is 7.67. The molecule has 0 aliphatic rings. The molecule has 0 saturated carbocycles. The molecular formula is C15H13N5OS3. The van der Waals surface area contributed by atoms with Gasteiger partial charge in [-0.05, 0) is 29.0 Å². The highest BCUT2D eigenvalue weighted by atomic mass is 32.1. The van der Waals surface area contributed by atoms with Crippen molar-refractivity contribution in [2.45, 2.75) is 6.42 Å². The van der Waals surface area contributed by atoms with Crippen LogP contribution in [0, 0.1) is 0 Å². The molecule has 0 radical (unpaired) electrons. The van der Waals surface area contributed by atoms with Crippen LogP contribution in [0.4, 0.5) is 9.80 Å². The van der Waals surface area contributed by atoms with Crippen LogP contribution < -0.4 is 10.6 Å². The quantitative estimate of drug-likeness (QED) is 0.555. The van der Waals surface area contributed by atoms with E-state index in [1.807, 2.05) is 44.9 Å². The maximum absolute atomic E-state index is 11.8. The average Bonchev–Trinajstić information content (AvgIpc) is 3.33. The lowest BCUT2D eigenvalue weighted by molar-refractivity contribution is 0.252. The van der Waals surface area contributed by atoms with Crippen LogP contribution in [0.25, 0.3) is 15.7 Å². The average molecular weight is 376 g/mol. The van der Waals surface area contributed by atoms with Gasteiger partial charge in [0.25, 0.3) is 0 Å². The van der Waals surface area contributed by atoms with E-state index >= 15 is 0 Å². The van der Waals surface area contributed by atoms with Crippen molar-refractivity contribution in [1.29, 1.82) is 0 Å². The summed E-state index contributed by atoms with van der Waals surface area (Å²) in [6, 6.07) is 7.58. The first-order valence-electron chi connectivity index (χ1n) is 7.25. The molecule has 0 saturated heterocycles. The Kier molecular flexibility index (Phi) is 4.28. The third-order valence-electron chi connectivity index (χ3n) is 3.32. The summed E-state index contributed by atoms with van der Waals surface area (Å²) in [4.78, 5) is 18.3. The molecule has 0 aliphatic heterocycles. The number of fused-ring (bicyclic) bond motifs is 1. The molecule has 122 valence electrons. The number of nitrogens with zero attached hydrogens (tertiary/aromatic N) is 3. The molecule has 0 spiro atoms. The fourth-order valence-electron chi connectivity index (χ4n) is 2.22. The minimum Gasteiger partial charge on any atom is -0.337 e. The maximum atomic E-state index is 11.8. The number of carbonyl (C=O) groups is 1. The highest BCUT2D eigenvalue weighted by Gasteiger charge is 2.12. The molecule has 4 rings (SSSR count). The van der Waals surface area contributed by atoms with Gasteiger partial charge in [-0.3, -0.25) is 5.32 Å². The zero-order valence-electron chi connectivity index (χ0n) is 12.4. The Morgan fingerprint density at radius 3 is 2.83 bits per heavy atom. The molecule has 4 heterocycles. The van der Waals surface area contributed by atoms with Gasteiger partial charge in [0.2, 0.25) is 4.96 Å². The zero-order valence-corrected chi connectivity index (χ0v) is 14.9. The number of hydrogen-bond donors (Lipinski definition) is 2. The van der Waals surface area contributed by atoms with Crippen molar-refractivity contribution in [1.82, 2.24) is 19.9 Å². The van der Waals surface area contributed by atoms with Gasteiger partial charge in [-0.15, -0.1) is 39.1 Å². The largest absolute Gasteiger partial charge is 0.337 e. The van der Waals surface area contributed by atoms with Crippen LogP contribution in [0.1, 0.15) is 5.69 Å². The Hall–Kier alpha value is -2.23. The van der Waals surface area contributed by atoms with Crippen molar-refractivity contribution in [3.63, 3.8) is 0 Å². The third-order valence-corrected chi connectivity index (χ3v) is 5.83. The Bertz CT molecular complexity index is 939. The smallest absolute Gasteiger partial charge is 0.319 e. The standard InChI is InChI=1S/C15H13N5OS3/c21-14(17-12-4-2-8-23-12)16-6-5-10-9-24-15-18-13(19-20(10)15)11-3-1-7-22-11/h1-4,7-9H,5-6H2,(H2,16,17,21). The summed E-state index contributed by atoms with van der Waals surface area (Å²) in [6.07, 6.45) is 0.700. The lowest BCUT2D eigenvalue weighted by atomic mass is 10.3. The fourth-order valence-corrected chi connectivity index (χ4v) is 4.34. The van der Waals surface area contributed by atoms with Gasteiger partial charge in [0.05, 0.1) is 15.6 Å². The Morgan fingerprint density at radius 1 is 1.17 bits per heavy atom. The van der Waals surface area contributed by atoms with E-state index in [2.05, 4.69) is 20.7 Å². The van der Waals surface area contributed by atoms with Gasteiger partial charge in [-0.1, -0.05) is 6.07 Å². The predicted molar refractivity (Wildman–Crippen MR) is 99.2 cm³/mol. The molecule has 2 N–H and O–H groups in total. The van der Waals surface area contributed by atoms with E-state index in [1.54, 1.807) is 22.7 Å². The first kappa shape index (κ1) is 15.3. The predicted octanol–water partition coefficient (Wildman–Crippen LogP) is 3.95. The Morgan fingerprint density at radius 2 is 2.04 bits per heavy atom. The van der Waals surface area contributed by atoms with E-state index in [0.717, 1.165) is 26.4 Å². The Balaban J connectivity index is 1.39. The summed E-state index contributed by atoms with van der Waals surface area (Å²) in [5.41, 5.74) is 1.04. The highest BCUT2D eigenvalue weighted by molar-refractivity contribution is 7.15. The van der Waals surface area contributed by atoms with Gasteiger partial charge >= 0.3 is 6.03 Å². The number of thiophene rings is 2. The van der Waals surface area contributed by atoms with Gasteiger partial charge in [-0.25, -0.2) is 9.31 Å². The van der Waals surface area contributed by atoms with Crippen molar-refractivity contribution in [2.24, 2.45) is 0 Å². The zero-order chi connectivity index (χ0) is 16.4. The van der Waals surface area contributed by atoms with Gasteiger partial charge in [0.1, 0.15) is 0 Å². The number of rotatable bonds is 5. The Labute approximate surface area is 149 Å². The minimum atomic E-state index is -0.193. The number of urea groups is 1. The normalized spacial score (nSPS) is 11.0. The second kappa shape index (κ2) is 6.71. The first-order valence-corrected chi connectivity index (χ1v) is 9.89. The van der Waals surface area contributed by atoms with Crippen molar-refractivity contribution in [2.75, 3.05) is 11.9 Å². The second-order valence-electron chi connectivity index (χ2n) is 4.94. The van der Waals surface area contributed by atoms with Crippen LogP contribution in [0.2, 0.25) is 0 Å². The molecule has 4 aromatic rings. The van der Waals surface area contributed by atoms with E-state index in [9.17, 15) is 4.79 Å². The number of nitrogens with one attached hydrogen (secondary N) is 2. The number of anilines is 1. The number of hydrogen-bond acceptors (Lipinski definition) is 6. The molecule has 4 aromatic heterocycles.